The van der Waals surface area contributed by atoms with Gasteiger partial charge in [-0.3, -0.25) is 14.2 Å². The third kappa shape index (κ3) is 4.11. The second kappa shape index (κ2) is 8.81. The predicted octanol–water partition coefficient (Wildman–Crippen LogP) is 4.43. The molecule has 1 aliphatic heterocycles. The van der Waals surface area contributed by atoms with Crippen LogP contribution < -0.4 is 15.8 Å². The Morgan fingerprint density at radius 3 is 2.57 bits per heavy atom. The van der Waals surface area contributed by atoms with Gasteiger partial charge in [-0.25, -0.2) is 4.98 Å². The molecule has 1 N–H and O–H groups in total. The molecule has 6 nitrogen and oxygen atoms in total. The maximum absolute atomic E-state index is 12.9. The molecule has 0 radical (unpaired) electrons. The van der Waals surface area contributed by atoms with Crippen molar-refractivity contribution < 1.29 is 4.79 Å². The lowest BCUT2D eigenvalue weighted by Gasteiger charge is -2.17. The number of nitrogens with one attached hydrogen (secondary N) is 1. The van der Waals surface area contributed by atoms with E-state index in [1.165, 1.54) is 41.6 Å². The van der Waals surface area contributed by atoms with Gasteiger partial charge in [0.25, 0.3) is 5.56 Å². The van der Waals surface area contributed by atoms with Gasteiger partial charge in [0.2, 0.25) is 5.91 Å². The number of thiophene rings is 1. The third-order valence-corrected chi connectivity index (χ3v) is 7.60. The van der Waals surface area contributed by atoms with E-state index in [2.05, 4.69) is 27.3 Å². The van der Waals surface area contributed by atoms with Crippen LogP contribution in [-0.4, -0.2) is 34.3 Å². The Hall–Kier alpha value is -2.32. The van der Waals surface area contributed by atoms with Gasteiger partial charge in [0.15, 0.2) is 5.16 Å². The summed E-state index contributed by atoms with van der Waals surface area (Å²) in [5.74, 6) is 0.0966. The first-order valence-corrected chi connectivity index (χ1v) is 12.1. The van der Waals surface area contributed by atoms with Crippen molar-refractivity contribution in [3.63, 3.8) is 0 Å². The fourth-order valence-electron chi connectivity index (χ4n) is 3.76. The van der Waals surface area contributed by atoms with Crippen molar-refractivity contribution in [2.45, 2.75) is 45.3 Å². The molecule has 0 saturated carbocycles. The van der Waals surface area contributed by atoms with Gasteiger partial charge in [-0.2, -0.15) is 0 Å². The first-order valence-electron chi connectivity index (χ1n) is 10.3. The van der Waals surface area contributed by atoms with Crippen molar-refractivity contribution in [1.82, 2.24) is 9.55 Å². The zero-order valence-electron chi connectivity index (χ0n) is 17.5. The molecule has 1 saturated heterocycles. The van der Waals surface area contributed by atoms with Gasteiger partial charge in [0.05, 0.1) is 11.1 Å². The van der Waals surface area contributed by atoms with Gasteiger partial charge in [0.1, 0.15) is 4.83 Å². The van der Waals surface area contributed by atoms with Crippen LogP contribution in [0.5, 0.6) is 0 Å². The summed E-state index contributed by atoms with van der Waals surface area (Å²) in [7, 11) is 0. The summed E-state index contributed by atoms with van der Waals surface area (Å²) in [4.78, 5) is 34.3. The molecule has 1 amide bonds. The first kappa shape index (κ1) is 20.9. The number of nitrogens with zero attached hydrogens (tertiary/aromatic N) is 3. The van der Waals surface area contributed by atoms with Crippen molar-refractivity contribution in [3.8, 4) is 0 Å². The number of hydrogen-bond donors (Lipinski definition) is 1. The summed E-state index contributed by atoms with van der Waals surface area (Å²) in [5, 5.41) is 4.24. The molecule has 2 aromatic heterocycles. The van der Waals surface area contributed by atoms with Gasteiger partial charge in [-0.1, -0.05) is 11.8 Å². The number of thioether (sulfide) groups is 1. The average molecular weight is 443 g/mol. The van der Waals surface area contributed by atoms with Gasteiger partial charge < -0.3 is 10.2 Å². The van der Waals surface area contributed by atoms with Crippen LogP contribution in [0.25, 0.3) is 10.2 Å². The molecule has 0 aliphatic carbocycles. The number of hydrogen-bond acceptors (Lipinski definition) is 6. The fraction of sp³-hybridized carbons (Fsp3) is 0.409. The number of anilines is 2. The van der Waals surface area contributed by atoms with E-state index < -0.39 is 0 Å². The summed E-state index contributed by atoms with van der Waals surface area (Å²) in [5.41, 5.74) is 2.96. The molecule has 158 valence electrons. The van der Waals surface area contributed by atoms with Crippen LogP contribution in [0.2, 0.25) is 0 Å². The highest BCUT2D eigenvalue weighted by Crippen LogP contribution is 2.28. The maximum Gasteiger partial charge on any atom is 0.263 e. The topological polar surface area (TPSA) is 67.2 Å². The smallest absolute Gasteiger partial charge is 0.263 e. The van der Waals surface area contributed by atoms with E-state index in [0.717, 1.165) is 34.0 Å². The Bertz CT molecular complexity index is 1130. The maximum atomic E-state index is 12.9. The Labute approximate surface area is 184 Å². The van der Waals surface area contributed by atoms with Crippen LogP contribution in [-0.2, 0) is 11.3 Å². The highest BCUT2D eigenvalue weighted by molar-refractivity contribution is 7.99. The van der Waals surface area contributed by atoms with E-state index in [-0.39, 0.29) is 17.2 Å². The predicted molar refractivity (Wildman–Crippen MR) is 126 cm³/mol. The van der Waals surface area contributed by atoms with Crippen molar-refractivity contribution in [3.05, 3.63) is 45.1 Å². The SMILES string of the molecule is CCn1c(SCC(=O)Nc2ccc(N3CCCC3)cc2)nc2sc(C)c(C)c2c1=O. The number of rotatable bonds is 6. The quantitative estimate of drug-likeness (QED) is 0.452. The molecule has 0 bridgehead atoms. The molecule has 3 heterocycles. The Balaban J connectivity index is 1.44. The third-order valence-electron chi connectivity index (χ3n) is 5.52. The number of carbonyl (C=O) groups excluding carboxylic acids is 1. The second-order valence-corrected chi connectivity index (χ2v) is 9.63. The van der Waals surface area contributed by atoms with E-state index in [1.807, 2.05) is 32.9 Å². The Morgan fingerprint density at radius 2 is 1.90 bits per heavy atom. The number of carbonyl (C=O) groups is 1. The summed E-state index contributed by atoms with van der Waals surface area (Å²) in [6.45, 7) is 8.62. The van der Waals surface area contributed by atoms with E-state index in [4.69, 9.17) is 0 Å². The molecular weight excluding hydrogens is 416 g/mol. The number of aromatic nitrogens is 2. The zero-order valence-corrected chi connectivity index (χ0v) is 19.2. The monoisotopic (exact) mass is 442 g/mol. The summed E-state index contributed by atoms with van der Waals surface area (Å²) >= 11 is 2.84. The van der Waals surface area contributed by atoms with E-state index >= 15 is 0 Å². The molecule has 1 aromatic carbocycles. The van der Waals surface area contributed by atoms with Crippen LogP contribution >= 0.6 is 23.1 Å². The molecule has 30 heavy (non-hydrogen) atoms. The minimum absolute atomic E-state index is 0.0234. The minimum Gasteiger partial charge on any atom is -0.372 e. The van der Waals surface area contributed by atoms with Crippen molar-refractivity contribution in [2.75, 3.05) is 29.1 Å². The van der Waals surface area contributed by atoms with E-state index in [1.54, 1.807) is 4.57 Å². The zero-order chi connectivity index (χ0) is 21.3. The molecular formula is C22H26N4O2S2. The molecule has 4 rings (SSSR count). The van der Waals surface area contributed by atoms with E-state index in [9.17, 15) is 9.59 Å². The van der Waals surface area contributed by atoms with Gasteiger partial charge in [0, 0.05) is 35.9 Å². The normalized spacial score (nSPS) is 13.9. The van der Waals surface area contributed by atoms with Crippen LogP contribution in [0.4, 0.5) is 11.4 Å². The van der Waals surface area contributed by atoms with Crippen molar-refractivity contribution >= 4 is 50.6 Å². The summed E-state index contributed by atoms with van der Waals surface area (Å²) in [6, 6.07) is 8.00. The first-order chi connectivity index (χ1) is 14.5. The van der Waals surface area contributed by atoms with Crippen LogP contribution in [0, 0.1) is 13.8 Å². The summed E-state index contributed by atoms with van der Waals surface area (Å²) in [6.07, 6.45) is 2.48. The number of amides is 1. The molecule has 0 unspecified atom stereocenters. The molecule has 8 heteroatoms. The lowest BCUT2D eigenvalue weighted by atomic mass is 10.2. The molecule has 0 spiro atoms. The molecule has 1 aliphatic rings. The fourth-order valence-corrected chi connectivity index (χ4v) is 5.69. The molecule has 3 aromatic rings. The minimum atomic E-state index is -0.107. The lowest BCUT2D eigenvalue weighted by molar-refractivity contribution is -0.113. The standard InChI is InChI=1S/C22H26N4O2S2/c1-4-26-21(28)19-14(2)15(3)30-20(19)24-22(26)29-13-18(27)23-16-7-9-17(10-8-16)25-11-5-6-12-25/h7-10H,4-6,11-13H2,1-3H3,(H,23,27). The van der Waals surface area contributed by atoms with Gasteiger partial charge in [-0.05, 0) is 63.4 Å². The largest absolute Gasteiger partial charge is 0.372 e. The van der Waals surface area contributed by atoms with Crippen molar-refractivity contribution in [2.24, 2.45) is 0 Å². The highest BCUT2D eigenvalue weighted by Gasteiger charge is 2.17. The van der Waals surface area contributed by atoms with Gasteiger partial charge in [-0.15, -0.1) is 11.3 Å². The Kier molecular flexibility index (Phi) is 6.15. The second-order valence-electron chi connectivity index (χ2n) is 7.49. The van der Waals surface area contributed by atoms with Crippen LogP contribution in [0.1, 0.15) is 30.2 Å². The average Bonchev–Trinajstić information content (AvgIpc) is 3.36. The molecule has 1 fully saturated rings. The van der Waals surface area contributed by atoms with Crippen LogP contribution in [0.15, 0.2) is 34.2 Å². The van der Waals surface area contributed by atoms with Gasteiger partial charge >= 0.3 is 0 Å². The van der Waals surface area contributed by atoms with Crippen LogP contribution in [0.3, 0.4) is 0 Å². The van der Waals surface area contributed by atoms with E-state index in [0.29, 0.717) is 17.1 Å². The lowest BCUT2D eigenvalue weighted by Crippen LogP contribution is -2.23. The Morgan fingerprint density at radius 1 is 1.20 bits per heavy atom. The highest BCUT2D eigenvalue weighted by atomic mass is 32.2. The van der Waals surface area contributed by atoms with Crippen molar-refractivity contribution in [1.29, 1.82) is 0 Å². The number of aryl methyl sites for hydroxylation is 2. The summed E-state index contributed by atoms with van der Waals surface area (Å²) < 4.78 is 1.66. The number of fused-ring (bicyclic) bond motifs is 1. The number of benzene rings is 1. The molecule has 0 atom stereocenters.